The van der Waals surface area contributed by atoms with E-state index in [0.717, 1.165) is 5.56 Å². The summed E-state index contributed by atoms with van der Waals surface area (Å²) < 4.78 is 28.5. The molecule has 4 aromatic rings. The van der Waals surface area contributed by atoms with Crippen molar-refractivity contribution >= 4 is 11.7 Å². The number of nitrogens with one attached hydrogen (secondary N) is 2. The van der Waals surface area contributed by atoms with Gasteiger partial charge in [0.05, 0.1) is 11.9 Å². The Hall–Kier alpha value is -4.14. The molecule has 0 saturated heterocycles. The van der Waals surface area contributed by atoms with E-state index in [-0.39, 0.29) is 22.9 Å². The highest BCUT2D eigenvalue weighted by atomic mass is 19.1. The topological polar surface area (TPSA) is 110 Å². The van der Waals surface area contributed by atoms with Crippen molar-refractivity contribution in [2.45, 2.75) is 12.3 Å². The highest BCUT2D eigenvalue weighted by molar-refractivity contribution is 5.87. The standard InChI is InChI=1S/C23H20F2N6O/c24-16-5-3-4-14(10-16)7-9-28-23-17(20(22(26)32)19-6-1-2-8-27-19)11-18(25)21(31-23)15-12-29-30-13-15/h1-6,8,10-13,20H,7,9H2,(H2,26,32)(H,28,31)(H,29,30). The lowest BCUT2D eigenvalue weighted by Gasteiger charge is -2.19. The first-order valence-electron chi connectivity index (χ1n) is 9.91. The summed E-state index contributed by atoms with van der Waals surface area (Å²) in [5.74, 6) is -2.36. The molecule has 1 unspecified atom stereocenters. The second-order valence-electron chi connectivity index (χ2n) is 7.14. The maximum absolute atomic E-state index is 15.0. The molecular formula is C23H20F2N6O. The van der Waals surface area contributed by atoms with Gasteiger partial charge in [-0.15, -0.1) is 0 Å². The number of pyridine rings is 2. The molecule has 7 nitrogen and oxygen atoms in total. The number of H-pyrrole nitrogens is 1. The molecule has 3 heterocycles. The van der Waals surface area contributed by atoms with Crippen LogP contribution in [0.5, 0.6) is 0 Å². The van der Waals surface area contributed by atoms with E-state index in [1.54, 1.807) is 30.3 Å². The minimum absolute atomic E-state index is 0.0694. The number of nitrogens with two attached hydrogens (primary N) is 1. The zero-order valence-corrected chi connectivity index (χ0v) is 16.9. The van der Waals surface area contributed by atoms with Crippen LogP contribution in [0.15, 0.2) is 67.1 Å². The fourth-order valence-electron chi connectivity index (χ4n) is 3.47. The molecular weight excluding hydrogens is 414 g/mol. The highest BCUT2D eigenvalue weighted by Gasteiger charge is 2.27. The molecule has 4 N–H and O–H groups in total. The van der Waals surface area contributed by atoms with Crippen molar-refractivity contribution in [3.63, 3.8) is 0 Å². The molecule has 32 heavy (non-hydrogen) atoms. The SMILES string of the molecule is NC(=O)C(c1ccccn1)c1cc(F)c(-c2cn[nH]c2)nc1NCCc1cccc(F)c1. The third kappa shape index (κ3) is 4.61. The van der Waals surface area contributed by atoms with Crippen LogP contribution in [-0.2, 0) is 11.2 Å². The molecule has 1 atom stereocenters. The van der Waals surface area contributed by atoms with Gasteiger partial charge in [-0.2, -0.15) is 5.10 Å². The summed E-state index contributed by atoms with van der Waals surface area (Å²) in [5, 5.41) is 9.62. The van der Waals surface area contributed by atoms with E-state index in [9.17, 15) is 9.18 Å². The number of hydrogen-bond donors (Lipinski definition) is 3. The Kier molecular flexibility index (Phi) is 6.16. The molecule has 0 saturated carbocycles. The van der Waals surface area contributed by atoms with Crippen LogP contribution in [-0.4, -0.2) is 32.6 Å². The van der Waals surface area contributed by atoms with E-state index in [1.165, 1.54) is 36.8 Å². The van der Waals surface area contributed by atoms with E-state index < -0.39 is 17.6 Å². The number of hydrogen-bond acceptors (Lipinski definition) is 5. The fraction of sp³-hybridized carbons (Fsp3) is 0.130. The van der Waals surface area contributed by atoms with E-state index in [1.807, 2.05) is 0 Å². The number of carbonyl (C=O) groups is 1. The van der Waals surface area contributed by atoms with E-state index in [4.69, 9.17) is 5.73 Å². The zero-order chi connectivity index (χ0) is 22.5. The van der Waals surface area contributed by atoms with Gasteiger partial charge in [0.1, 0.15) is 29.1 Å². The number of halogens is 2. The molecule has 1 aromatic carbocycles. The number of amides is 1. The molecule has 9 heteroatoms. The molecule has 1 amide bonds. The first-order chi connectivity index (χ1) is 15.5. The molecule has 0 aliphatic heterocycles. The number of anilines is 1. The predicted octanol–water partition coefficient (Wildman–Crippen LogP) is 3.42. The average molecular weight is 434 g/mol. The number of rotatable bonds is 8. The molecule has 0 aliphatic carbocycles. The van der Waals surface area contributed by atoms with Crippen molar-refractivity contribution in [1.29, 1.82) is 0 Å². The van der Waals surface area contributed by atoms with Gasteiger partial charge >= 0.3 is 0 Å². The fourth-order valence-corrected chi connectivity index (χ4v) is 3.47. The van der Waals surface area contributed by atoms with Crippen molar-refractivity contribution in [2.24, 2.45) is 5.73 Å². The number of nitrogens with zero attached hydrogens (tertiary/aromatic N) is 3. The quantitative estimate of drug-likeness (QED) is 0.394. The van der Waals surface area contributed by atoms with Gasteiger partial charge in [0.25, 0.3) is 0 Å². The van der Waals surface area contributed by atoms with E-state index in [0.29, 0.717) is 24.2 Å². The van der Waals surface area contributed by atoms with Crippen LogP contribution in [0.2, 0.25) is 0 Å². The minimum atomic E-state index is -1.01. The maximum Gasteiger partial charge on any atom is 0.231 e. The number of benzene rings is 1. The Morgan fingerprint density at radius 2 is 2.03 bits per heavy atom. The van der Waals surface area contributed by atoms with Gasteiger partial charge in [-0.25, -0.2) is 13.8 Å². The molecule has 0 fully saturated rings. The summed E-state index contributed by atoms with van der Waals surface area (Å²) in [6.45, 7) is 0.369. The van der Waals surface area contributed by atoms with Gasteiger partial charge in [0, 0.05) is 30.1 Å². The molecule has 3 aromatic heterocycles. The highest BCUT2D eigenvalue weighted by Crippen LogP contribution is 2.32. The molecule has 0 aliphatic rings. The van der Waals surface area contributed by atoms with Crippen molar-refractivity contribution in [3.05, 3.63) is 95.6 Å². The van der Waals surface area contributed by atoms with Gasteiger partial charge < -0.3 is 11.1 Å². The van der Waals surface area contributed by atoms with Crippen LogP contribution < -0.4 is 11.1 Å². The van der Waals surface area contributed by atoms with Gasteiger partial charge in [-0.1, -0.05) is 18.2 Å². The van der Waals surface area contributed by atoms with Crippen LogP contribution in [0.1, 0.15) is 22.7 Å². The van der Waals surface area contributed by atoms with Crippen LogP contribution in [0.4, 0.5) is 14.6 Å². The third-order valence-corrected chi connectivity index (χ3v) is 4.95. The summed E-state index contributed by atoms with van der Waals surface area (Å²) in [6.07, 6.45) is 4.99. The van der Waals surface area contributed by atoms with Crippen molar-refractivity contribution in [3.8, 4) is 11.3 Å². The Morgan fingerprint density at radius 1 is 1.16 bits per heavy atom. The smallest absolute Gasteiger partial charge is 0.231 e. The Balaban J connectivity index is 1.72. The Labute approximate surface area is 182 Å². The normalized spacial score (nSPS) is 11.8. The Morgan fingerprint density at radius 3 is 2.72 bits per heavy atom. The summed E-state index contributed by atoms with van der Waals surface area (Å²) >= 11 is 0. The first-order valence-corrected chi connectivity index (χ1v) is 9.91. The second kappa shape index (κ2) is 9.34. The summed E-state index contributed by atoms with van der Waals surface area (Å²) in [7, 11) is 0. The summed E-state index contributed by atoms with van der Waals surface area (Å²) in [4.78, 5) is 21.0. The van der Waals surface area contributed by atoms with Gasteiger partial charge in [-0.05, 0) is 42.3 Å². The van der Waals surface area contributed by atoms with Gasteiger partial charge in [0.15, 0.2) is 0 Å². The first kappa shape index (κ1) is 21.1. The van der Waals surface area contributed by atoms with Crippen molar-refractivity contribution < 1.29 is 13.6 Å². The summed E-state index contributed by atoms with van der Waals surface area (Å²) in [5.41, 5.74) is 7.63. The maximum atomic E-state index is 15.0. The number of aromatic nitrogens is 4. The monoisotopic (exact) mass is 434 g/mol. The minimum Gasteiger partial charge on any atom is -0.369 e. The molecule has 0 bridgehead atoms. The van der Waals surface area contributed by atoms with Gasteiger partial charge in [0.2, 0.25) is 5.91 Å². The lowest BCUT2D eigenvalue weighted by molar-refractivity contribution is -0.118. The number of aromatic amines is 1. The third-order valence-electron chi connectivity index (χ3n) is 4.95. The predicted molar refractivity (Wildman–Crippen MR) is 116 cm³/mol. The Bertz CT molecular complexity index is 1210. The lowest BCUT2D eigenvalue weighted by atomic mass is 9.94. The molecule has 4 rings (SSSR count). The van der Waals surface area contributed by atoms with Crippen LogP contribution >= 0.6 is 0 Å². The largest absolute Gasteiger partial charge is 0.369 e. The molecule has 162 valence electrons. The van der Waals surface area contributed by atoms with Crippen LogP contribution in [0.3, 0.4) is 0 Å². The second-order valence-corrected chi connectivity index (χ2v) is 7.14. The lowest BCUT2D eigenvalue weighted by Crippen LogP contribution is -2.25. The average Bonchev–Trinajstić information content (AvgIpc) is 3.30. The molecule has 0 spiro atoms. The van der Waals surface area contributed by atoms with Crippen molar-refractivity contribution in [2.75, 3.05) is 11.9 Å². The van der Waals surface area contributed by atoms with Crippen LogP contribution in [0.25, 0.3) is 11.3 Å². The van der Waals surface area contributed by atoms with Crippen molar-refractivity contribution in [1.82, 2.24) is 20.2 Å². The number of primary amides is 1. The summed E-state index contributed by atoms with van der Waals surface area (Å²) in [6, 6.07) is 12.6. The molecule has 0 radical (unpaired) electrons. The van der Waals surface area contributed by atoms with Gasteiger partial charge in [-0.3, -0.25) is 14.9 Å². The van der Waals surface area contributed by atoms with E-state index in [2.05, 4.69) is 25.5 Å². The zero-order valence-electron chi connectivity index (χ0n) is 16.9. The number of carbonyl (C=O) groups excluding carboxylic acids is 1. The van der Waals surface area contributed by atoms with Crippen LogP contribution in [0, 0.1) is 11.6 Å². The van der Waals surface area contributed by atoms with E-state index >= 15 is 4.39 Å².